The zero-order chi connectivity index (χ0) is 27.4. The second-order valence-electron chi connectivity index (χ2n) is 7.50. The van der Waals surface area contributed by atoms with Gasteiger partial charge in [0, 0.05) is 7.11 Å². The average Bonchev–Trinajstić information content (AvgIpc) is 2.66. The number of ether oxygens (including phenoxy) is 1. The molecule has 0 bridgehead atoms. The van der Waals surface area contributed by atoms with Crippen LogP contribution in [-0.2, 0) is 10.3 Å². The molecule has 1 atom stereocenters. The van der Waals surface area contributed by atoms with Crippen molar-refractivity contribution >= 4 is 0 Å². The summed E-state index contributed by atoms with van der Waals surface area (Å²) >= 11 is 0. The molecule has 198 valence electrons. The zero-order valence-corrected chi connectivity index (χ0v) is 17.1. The standard InChI is InChI=1S/C18H15F15O/c1-9-6-4-5-7-10(9)11(2,34-3)8-12(19,20)13(21,22)14(23,24)15(25,26)16(27,28)17(29,30)18(31,32)33/h4-7H,8H2,1-3H3. The Morgan fingerprint density at radius 2 is 1.00 bits per heavy atom. The molecule has 1 unspecified atom stereocenters. The second kappa shape index (κ2) is 8.36. The van der Waals surface area contributed by atoms with Gasteiger partial charge in [0.05, 0.1) is 12.0 Å². The fourth-order valence-corrected chi connectivity index (χ4v) is 2.98. The molecule has 0 heterocycles. The van der Waals surface area contributed by atoms with Gasteiger partial charge in [-0.3, -0.25) is 0 Å². The largest absolute Gasteiger partial charge is 0.460 e. The van der Waals surface area contributed by atoms with Crippen LogP contribution in [0.5, 0.6) is 0 Å². The summed E-state index contributed by atoms with van der Waals surface area (Å²) in [5.74, 6) is -46.7. The predicted molar refractivity (Wildman–Crippen MR) is 85.9 cm³/mol. The first-order chi connectivity index (χ1) is 14.8. The molecule has 1 aromatic rings. The monoisotopic (exact) mass is 532 g/mol. The minimum atomic E-state index is -8.31. The Labute approximate surface area is 181 Å². The Morgan fingerprint density at radius 1 is 0.618 bits per heavy atom. The van der Waals surface area contributed by atoms with E-state index >= 15 is 0 Å². The lowest BCUT2D eigenvalue weighted by Crippen LogP contribution is -2.72. The van der Waals surface area contributed by atoms with E-state index in [0.717, 1.165) is 12.1 Å². The van der Waals surface area contributed by atoms with Crippen molar-refractivity contribution in [2.45, 2.75) is 67.6 Å². The fraction of sp³-hybridized carbons (Fsp3) is 0.667. The van der Waals surface area contributed by atoms with Crippen LogP contribution in [0.1, 0.15) is 24.5 Å². The van der Waals surface area contributed by atoms with Crippen molar-refractivity contribution in [2.75, 3.05) is 7.11 Å². The lowest BCUT2D eigenvalue weighted by atomic mass is 9.82. The summed E-state index contributed by atoms with van der Waals surface area (Å²) in [4.78, 5) is 0. The summed E-state index contributed by atoms with van der Waals surface area (Å²) in [5.41, 5.74) is -2.99. The van der Waals surface area contributed by atoms with Crippen molar-refractivity contribution < 1.29 is 70.6 Å². The van der Waals surface area contributed by atoms with Gasteiger partial charge < -0.3 is 4.74 Å². The van der Waals surface area contributed by atoms with Crippen LogP contribution >= 0.6 is 0 Å². The van der Waals surface area contributed by atoms with Crippen molar-refractivity contribution in [3.8, 4) is 0 Å². The highest BCUT2D eigenvalue weighted by molar-refractivity contribution is 5.31. The van der Waals surface area contributed by atoms with Crippen LogP contribution in [-0.4, -0.2) is 48.8 Å². The molecule has 0 amide bonds. The van der Waals surface area contributed by atoms with Gasteiger partial charge >= 0.3 is 41.7 Å². The van der Waals surface area contributed by atoms with Crippen LogP contribution < -0.4 is 0 Å². The SMILES string of the molecule is COC(C)(CC(F)(F)C(F)(F)C(F)(F)C(F)(F)C(F)(F)C(F)(F)C(F)(F)F)c1ccccc1C. The third-order valence-electron chi connectivity index (χ3n) is 5.12. The van der Waals surface area contributed by atoms with Gasteiger partial charge in [-0.2, -0.15) is 65.9 Å². The van der Waals surface area contributed by atoms with Gasteiger partial charge in [-0.15, -0.1) is 0 Å². The zero-order valence-electron chi connectivity index (χ0n) is 17.1. The number of benzene rings is 1. The fourth-order valence-electron chi connectivity index (χ4n) is 2.98. The molecule has 1 nitrogen and oxygen atoms in total. The lowest BCUT2D eigenvalue weighted by molar-refractivity contribution is -0.453. The highest BCUT2D eigenvalue weighted by Gasteiger charge is 2.93. The summed E-state index contributed by atoms with van der Waals surface area (Å²) in [5, 5.41) is 0. The van der Waals surface area contributed by atoms with E-state index in [1.54, 1.807) is 0 Å². The van der Waals surface area contributed by atoms with Gasteiger partial charge in [0.2, 0.25) is 0 Å². The number of hydrogen-bond donors (Lipinski definition) is 0. The van der Waals surface area contributed by atoms with Crippen LogP contribution in [0.4, 0.5) is 65.9 Å². The van der Waals surface area contributed by atoms with Crippen LogP contribution in [0.2, 0.25) is 0 Å². The van der Waals surface area contributed by atoms with Gasteiger partial charge in [-0.25, -0.2) is 0 Å². The maximum absolute atomic E-state index is 14.3. The third-order valence-corrected chi connectivity index (χ3v) is 5.12. The molecule has 34 heavy (non-hydrogen) atoms. The van der Waals surface area contributed by atoms with Gasteiger partial charge in [-0.1, -0.05) is 24.3 Å². The molecule has 0 radical (unpaired) electrons. The first-order valence-corrected chi connectivity index (χ1v) is 8.73. The maximum Gasteiger partial charge on any atom is 0.460 e. The average molecular weight is 532 g/mol. The quantitative estimate of drug-likeness (QED) is 0.298. The van der Waals surface area contributed by atoms with Crippen molar-refractivity contribution in [1.29, 1.82) is 0 Å². The Hall–Kier alpha value is -1.87. The lowest BCUT2D eigenvalue weighted by Gasteiger charge is -2.43. The number of rotatable bonds is 9. The molecule has 1 aromatic carbocycles. The van der Waals surface area contributed by atoms with Gasteiger partial charge in [-0.05, 0) is 25.0 Å². The first kappa shape index (κ1) is 30.2. The summed E-state index contributed by atoms with van der Waals surface area (Å²) in [6.07, 6.45) is -10.2. The molecule has 0 saturated carbocycles. The van der Waals surface area contributed by atoms with Crippen molar-refractivity contribution in [2.24, 2.45) is 0 Å². The summed E-state index contributed by atoms with van der Waals surface area (Å²) in [7, 11) is 0.617. The topological polar surface area (TPSA) is 9.23 Å². The van der Waals surface area contributed by atoms with E-state index in [9.17, 15) is 65.9 Å². The van der Waals surface area contributed by atoms with Gasteiger partial charge in [0.15, 0.2) is 0 Å². The highest BCUT2D eigenvalue weighted by atomic mass is 19.4. The summed E-state index contributed by atoms with van der Waals surface area (Å²) in [6, 6.07) is 4.67. The highest BCUT2D eigenvalue weighted by Crippen LogP contribution is 2.63. The molecule has 16 heteroatoms. The number of aryl methyl sites for hydroxylation is 1. The minimum absolute atomic E-state index is 0.0411. The van der Waals surface area contributed by atoms with Crippen LogP contribution in [0.3, 0.4) is 0 Å². The van der Waals surface area contributed by atoms with Crippen molar-refractivity contribution in [3.05, 3.63) is 35.4 Å². The van der Waals surface area contributed by atoms with E-state index in [2.05, 4.69) is 4.74 Å². The third kappa shape index (κ3) is 4.19. The Kier molecular flexibility index (Phi) is 7.42. The van der Waals surface area contributed by atoms with E-state index in [4.69, 9.17) is 0 Å². The normalized spacial score (nSPS) is 17.0. The van der Waals surface area contributed by atoms with Gasteiger partial charge in [0.25, 0.3) is 0 Å². The van der Waals surface area contributed by atoms with E-state index < -0.39 is 53.7 Å². The smallest absolute Gasteiger partial charge is 0.374 e. The summed E-state index contributed by atoms with van der Waals surface area (Å²) < 4.78 is 205. The predicted octanol–water partition coefficient (Wildman–Crippen LogP) is 7.62. The molecule has 0 aliphatic heterocycles. The Balaban J connectivity index is 3.62. The molecule has 0 aliphatic rings. The van der Waals surface area contributed by atoms with E-state index in [-0.39, 0.29) is 11.1 Å². The number of methoxy groups -OCH3 is 1. The van der Waals surface area contributed by atoms with E-state index in [1.165, 1.54) is 19.1 Å². The van der Waals surface area contributed by atoms with E-state index in [0.29, 0.717) is 14.0 Å². The number of halogens is 15. The Morgan fingerprint density at radius 3 is 1.38 bits per heavy atom. The Bertz CT molecular complexity index is 874. The van der Waals surface area contributed by atoms with Crippen LogP contribution in [0.25, 0.3) is 0 Å². The molecular formula is C18H15F15O. The molecular weight excluding hydrogens is 517 g/mol. The molecule has 0 N–H and O–H groups in total. The van der Waals surface area contributed by atoms with Crippen molar-refractivity contribution in [1.82, 2.24) is 0 Å². The molecule has 0 saturated heterocycles. The maximum atomic E-state index is 14.3. The van der Waals surface area contributed by atoms with Crippen molar-refractivity contribution in [3.63, 3.8) is 0 Å². The molecule has 0 spiro atoms. The summed E-state index contributed by atoms with van der Waals surface area (Å²) in [6.45, 7) is 1.83. The molecule has 0 fully saturated rings. The second-order valence-corrected chi connectivity index (χ2v) is 7.50. The van der Waals surface area contributed by atoms with E-state index in [1.807, 2.05) is 0 Å². The van der Waals surface area contributed by atoms with Crippen LogP contribution in [0.15, 0.2) is 24.3 Å². The number of hydrogen-bond acceptors (Lipinski definition) is 1. The number of alkyl halides is 15. The minimum Gasteiger partial charge on any atom is -0.374 e. The first-order valence-electron chi connectivity index (χ1n) is 8.73. The molecule has 0 aliphatic carbocycles. The van der Waals surface area contributed by atoms with Gasteiger partial charge in [0.1, 0.15) is 0 Å². The van der Waals surface area contributed by atoms with Crippen LogP contribution in [0, 0.1) is 6.92 Å². The molecule has 1 rings (SSSR count). The molecule has 0 aromatic heterocycles.